The van der Waals surface area contributed by atoms with Crippen LogP contribution in [0.5, 0.6) is 5.75 Å². The largest absolute Gasteiger partial charge is 0.713 e. The average molecular weight is 432 g/mol. The fourth-order valence-corrected chi connectivity index (χ4v) is 1.83. The van der Waals surface area contributed by atoms with E-state index >= 15 is 0 Å². The van der Waals surface area contributed by atoms with Gasteiger partial charge < -0.3 is 14.3 Å². The van der Waals surface area contributed by atoms with Gasteiger partial charge in [-0.2, -0.15) is 22.0 Å². The third-order valence-corrected chi connectivity index (χ3v) is 3.19. The van der Waals surface area contributed by atoms with Crippen LogP contribution in [0.15, 0.2) is 23.3 Å². The summed E-state index contributed by atoms with van der Waals surface area (Å²) in [7, 11) is -3.84. The quantitative estimate of drug-likeness (QED) is 0.333. The van der Waals surface area contributed by atoms with Crippen LogP contribution in [0.4, 0.5) is 52.7 Å². The van der Waals surface area contributed by atoms with Crippen LogP contribution in [-0.2, 0) is 4.65 Å². The minimum Gasteiger partial charge on any atom is -0.507 e. The molecule has 1 aliphatic rings. The van der Waals surface area contributed by atoms with Gasteiger partial charge in [0.05, 0.1) is 0 Å². The van der Waals surface area contributed by atoms with E-state index in [0.29, 0.717) is 0 Å². The van der Waals surface area contributed by atoms with Gasteiger partial charge in [-0.25, -0.2) is 30.7 Å². The van der Waals surface area contributed by atoms with Crippen molar-refractivity contribution in [3.63, 3.8) is 0 Å². The van der Waals surface area contributed by atoms with Gasteiger partial charge in [0.25, 0.3) is 0 Å². The summed E-state index contributed by atoms with van der Waals surface area (Å²) in [4.78, 5) is 0. The highest BCUT2D eigenvalue weighted by Crippen LogP contribution is 2.52. The Labute approximate surface area is 145 Å². The van der Waals surface area contributed by atoms with Gasteiger partial charge in [0.2, 0.25) is 40.7 Å². The van der Waals surface area contributed by atoms with E-state index in [-0.39, 0.29) is 0 Å². The molecule has 0 aliphatic heterocycles. The molecule has 2 rings (SSSR count). The van der Waals surface area contributed by atoms with E-state index in [1.807, 2.05) is 0 Å². The highest BCUT2D eigenvalue weighted by Gasteiger charge is 2.69. The van der Waals surface area contributed by atoms with Crippen LogP contribution in [0.3, 0.4) is 0 Å². The summed E-state index contributed by atoms with van der Waals surface area (Å²) in [6, 6.07) is 0. The van der Waals surface area contributed by atoms with Crippen molar-refractivity contribution in [1.82, 2.24) is 0 Å². The van der Waals surface area contributed by atoms with Crippen molar-refractivity contribution in [1.29, 1.82) is 0 Å². The van der Waals surface area contributed by atoms with Crippen molar-refractivity contribution in [3.8, 4) is 5.75 Å². The van der Waals surface area contributed by atoms with Crippen LogP contribution in [0.1, 0.15) is 0 Å². The third kappa shape index (κ3) is 2.99. The second-order valence-electron chi connectivity index (χ2n) is 4.87. The summed E-state index contributed by atoms with van der Waals surface area (Å²) in [5, 5.41) is 9.07. The Hall–Kier alpha value is -2.36. The second-order valence-corrected chi connectivity index (χ2v) is 4.87. The van der Waals surface area contributed by atoms with Crippen molar-refractivity contribution in [2.45, 2.75) is 11.8 Å². The van der Waals surface area contributed by atoms with Crippen molar-refractivity contribution in [3.05, 3.63) is 52.4 Å². The van der Waals surface area contributed by atoms with Crippen molar-refractivity contribution < 1.29 is 67.0 Å². The molecule has 0 bridgehead atoms. The monoisotopic (exact) mass is 432 g/mol. The summed E-state index contributed by atoms with van der Waals surface area (Å²) in [5.74, 6) is -41.0. The lowest BCUT2D eigenvalue weighted by atomic mass is 9.98. The predicted octanol–water partition coefficient (Wildman–Crippen LogP) is 4.37. The molecule has 1 aromatic carbocycles. The molecule has 0 fully saturated rings. The summed E-state index contributed by atoms with van der Waals surface area (Å²) >= 11 is 0. The SMILES string of the molecule is OB(Oc1c(F)c(F)c(F)c(F)c1F)OC1(F)C(F)=C(F)C(F)=C(F)C1(F)F. The fourth-order valence-electron chi connectivity index (χ4n) is 1.83. The number of rotatable bonds is 4. The maximum Gasteiger partial charge on any atom is 0.713 e. The van der Waals surface area contributed by atoms with Gasteiger partial charge in [0.15, 0.2) is 17.4 Å². The summed E-state index contributed by atoms with van der Waals surface area (Å²) in [5.41, 5.74) is 0. The molecule has 1 N–H and O–H groups in total. The number of allylic oxidation sites excluding steroid dienone is 2. The molecule has 0 saturated carbocycles. The molecule has 0 amide bonds. The van der Waals surface area contributed by atoms with E-state index in [4.69, 9.17) is 5.02 Å². The topological polar surface area (TPSA) is 38.7 Å². The number of hydrogen-bond acceptors (Lipinski definition) is 3. The third-order valence-electron chi connectivity index (χ3n) is 3.19. The molecule has 0 radical (unpaired) electrons. The zero-order chi connectivity index (χ0) is 21.8. The van der Waals surface area contributed by atoms with Crippen LogP contribution in [-0.4, -0.2) is 24.1 Å². The minimum absolute atomic E-state index is 2.40. The van der Waals surface area contributed by atoms with Gasteiger partial charge in [-0.05, 0) is 0 Å². The number of halogens is 12. The normalized spacial score (nSPS) is 22.0. The van der Waals surface area contributed by atoms with Gasteiger partial charge in [0, 0.05) is 0 Å². The maximum atomic E-state index is 14.1. The van der Waals surface area contributed by atoms with E-state index in [2.05, 4.69) is 9.31 Å². The molecule has 0 heterocycles. The average Bonchev–Trinajstić information content (AvgIpc) is 2.64. The Bertz CT molecular complexity index is 871. The fraction of sp³-hybridized carbons (Fsp3) is 0.167. The van der Waals surface area contributed by atoms with Crippen LogP contribution < -0.4 is 4.65 Å². The highest BCUT2D eigenvalue weighted by atomic mass is 19.3. The van der Waals surface area contributed by atoms with Crippen molar-refractivity contribution in [2.24, 2.45) is 0 Å². The molecule has 0 aromatic heterocycles. The Balaban J connectivity index is 2.43. The standard InChI is InChI=1S/C12HBF12O3/c14-1-2(15)4(17)8(5(18)3(1)16)27-13(26)28-12(25)10(22)7(20)6(19)9(21)11(12,23)24/h26H. The zero-order valence-electron chi connectivity index (χ0n) is 12.4. The van der Waals surface area contributed by atoms with E-state index in [1.54, 1.807) is 0 Å². The molecule has 16 heteroatoms. The van der Waals surface area contributed by atoms with Crippen LogP contribution >= 0.6 is 0 Å². The lowest BCUT2D eigenvalue weighted by Gasteiger charge is -2.33. The molecule has 0 spiro atoms. The smallest absolute Gasteiger partial charge is 0.507 e. The highest BCUT2D eigenvalue weighted by molar-refractivity contribution is 6.35. The molecular formula is C12HBF12O3. The minimum atomic E-state index is -5.99. The number of benzene rings is 1. The zero-order valence-corrected chi connectivity index (χ0v) is 12.4. The van der Waals surface area contributed by atoms with E-state index in [9.17, 15) is 52.7 Å². The lowest BCUT2D eigenvalue weighted by Crippen LogP contribution is -2.54. The molecular weight excluding hydrogens is 431 g/mol. The Morgan fingerprint density at radius 2 is 1.04 bits per heavy atom. The molecule has 1 unspecified atom stereocenters. The first-order valence-corrected chi connectivity index (χ1v) is 6.41. The summed E-state index contributed by atoms with van der Waals surface area (Å²) < 4.78 is 165. The molecule has 3 nitrogen and oxygen atoms in total. The first-order chi connectivity index (χ1) is 12.7. The second kappa shape index (κ2) is 6.91. The Kier molecular flexibility index (Phi) is 5.42. The number of hydrogen-bond donors (Lipinski definition) is 1. The molecule has 1 aromatic rings. The Morgan fingerprint density at radius 1 is 0.643 bits per heavy atom. The maximum absolute atomic E-state index is 14.1. The van der Waals surface area contributed by atoms with Crippen molar-refractivity contribution in [2.75, 3.05) is 0 Å². The molecule has 28 heavy (non-hydrogen) atoms. The van der Waals surface area contributed by atoms with E-state index < -0.39 is 77.2 Å². The van der Waals surface area contributed by atoms with Gasteiger partial charge in [0.1, 0.15) is 0 Å². The van der Waals surface area contributed by atoms with Crippen molar-refractivity contribution >= 4 is 7.32 Å². The van der Waals surface area contributed by atoms with E-state index in [1.165, 1.54) is 0 Å². The van der Waals surface area contributed by atoms with Gasteiger partial charge in [-0.3, -0.25) is 0 Å². The molecule has 0 saturated heterocycles. The summed E-state index contributed by atoms with van der Waals surface area (Å²) in [6.45, 7) is 0. The van der Waals surface area contributed by atoms with E-state index in [0.717, 1.165) is 0 Å². The predicted molar refractivity (Wildman–Crippen MR) is 63.2 cm³/mol. The van der Waals surface area contributed by atoms with Gasteiger partial charge >= 0.3 is 19.1 Å². The van der Waals surface area contributed by atoms with Gasteiger partial charge in [-0.15, -0.1) is 0 Å². The Morgan fingerprint density at radius 3 is 1.50 bits per heavy atom. The number of alkyl halides is 3. The molecule has 1 aliphatic carbocycles. The van der Waals surface area contributed by atoms with Crippen LogP contribution in [0.25, 0.3) is 0 Å². The van der Waals surface area contributed by atoms with Crippen LogP contribution in [0.2, 0.25) is 0 Å². The molecule has 1 atom stereocenters. The van der Waals surface area contributed by atoms with Crippen LogP contribution in [0, 0.1) is 29.1 Å². The molecule has 154 valence electrons. The first-order valence-electron chi connectivity index (χ1n) is 6.41. The summed E-state index contributed by atoms with van der Waals surface area (Å²) in [6.07, 6.45) is 0. The first kappa shape index (κ1) is 21.9. The van der Waals surface area contributed by atoms with Gasteiger partial charge in [-0.1, -0.05) is 0 Å². The lowest BCUT2D eigenvalue weighted by molar-refractivity contribution is -0.227.